The first-order valence-electron chi connectivity index (χ1n) is 9.65. The lowest BCUT2D eigenvalue weighted by Gasteiger charge is -2.35. The van der Waals surface area contributed by atoms with Crippen molar-refractivity contribution in [3.63, 3.8) is 0 Å². The lowest BCUT2D eigenvalue weighted by molar-refractivity contribution is -0.923. The second-order valence-corrected chi connectivity index (χ2v) is 6.26. The Labute approximate surface area is 145 Å². The van der Waals surface area contributed by atoms with Crippen molar-refractivity contribution in [1.82, 2.24) is 0 Å². The zero-order valence-corrected chi connectivity index (χ0v) is 16.5. The summed E-state index contributed by atoms with van der Waals surface area (Å²) >= 11 is 0. The van der Waals surface area contributed by atoms with E-state index in [1.165, 1.54) is 89.0 Å². The van der Waals surface area contributed by atoms with Crippen molar-refractivity contribution in [2.24, 2.45) is 0 Å². The number of carbonyl (C=O) groups is 1. The van der Waals surface area contributed by atoms with Crippen molar-refractivity contribution in [2.75, 3.05) is 26.2 Å². The third kappa shape index (κ3) is 15.8. The lowest BCUT2D eigenvalue weighted by Crippen LogP contribution is -2.48. The van der Waals surface area contributed by atoms with Crippen LogP contribution in [0.5, 0.6) is 0 Å². The number of nitrogens with zero attached hydrogens (tertiary/aromatic N) is 1. The first kappa shape index (κ1) is 24.4. The van der Waals surface area contributed by atoms with Gasteiger partial charge in [0.25, 0.3) is 0 Å². The largest absolute Gasteiger partial charge is 0.435 e. The van der Waals surface area contributed by atoms with E-state index in [0.717, 1.165) is 6.26 Å². The molecule has 0 aromatic carbocycles. The number of esters is 1. The Kier molecular flexibility index (Phi) is 18.6. The summed E-state index contributed by atoms with van der Waals surface area (Å²) in [5.41, 5.74) is 0. The number of ether oxygens (including phenoxy) is 1. The predicted molar refractivity (Wildman–Crippen MR) is 101 cm³/mol. The fraction of sp³-hybridized carbons (Fsp3) is 0.850. The first-order valence-corrected chi connectivity index (χ1v) is 9.65. The van der Waals surface area contributed by atoms with Crippen LogP contribution in [0.15, 0.2) is 12.8 Å². The number of quaternary nitrogens is 1. The highest BCUT2D eigenvalue weighted by Gasteiger charge is 2.19. The molecule has 0 heterocycles. The third-order valence-corrected chi connectivity index (χ3v) is 4.75. The molecule has 0 N–H and O–H groups in total. The molecule has 0 bridgehead atoms. The molecule has 0 rings (SSSR count). The Morgan fingerprint density at radius 2 is 1.30 bits per heavy atom. The number of rotatable bonds is 13. The normalized spacial score (nSPS) is 10.7. The highest BCUT2D eigenvalue weighted by atomic mass is 16.5. The van der Waals surface area contributed by atoms with E-state index in [1.807, 2.05) is 0 Å². The number of unbranched alkanes of at least 4 members (excludes halogenated alkanes) is 7. The molecule has 0 saturated carbocycles. The van der Waals surface area contributed by atoms with Crippen LogP contribution in [-0.2, 0) is 9.53 Å². The molecule has 0 aliphatic heterocycles. The Morgan fingerprint density at radius 3 is 1.61 bits per heavy atom. The van der Waals surface area contributed by atoms with E-state index < -0.39 is 0 Å². The summed E-state index contributed by atoms with van der Waals surface area (Å²) in [7, 11) is 0. The van der Waals surface area contributed by atoms with Gasteiger partial charge in [0.15, 0.2) is 0 Å². The van der Waals surface area contributed by atoms with E-state index in [2.05, 4.69) is 39.0 Å². The van der Waals surface area contributed by atoms with Crippen LogP contribution in [-0.4, -0.2) is 36.6 Å². The highest BCUT2D eigenvalue weighted by Crippen LogP contribution is 2.12. The maximum absolute atomic E-state index is 9.75. The molecule has 3 nitrogen and oxygen atoms in total. The molecule has 0 saturated heterocycles. The molecular weight excluding hydrogens is 286 g/mol. The number of hydrogen-bond acceptors (Lipinski definition) is 2. The molecule has 0 spiro atoms. The summed E-state index contributed by atoms with van der Waals surface area (Å²) in [5, 5.41) is 0. The van der Waals surface area contributed by atoms with Gasteiger partial charge in [-0.2, -0.15) is 0 Å². The van der Waals surface area contributed by atoms with E-state index in [-0.39, 0.29) is 5.97 Å². The molecule has 0 atom stereocenters. The monoisotopic (exact) mass is 328 g/mol. The van der Waals surface area contributed by atoms with Crippen molar-refractivity contribution in [3.05, 3.63) is 12.8 Å². The highest BCUT2D eigenvalue weighted by molar-refractivity contribution is 5.66. The van der Waals surface area contributed by atoms with Crippen LogP contribution in [0.3, 0.4) is 0 Å². The summed E-state index contributed by atoms with van der Waals surface area (Å²) in [5.74, 6) is -0.329. The second-order valence-electron chi connectivity index (χ2n) is 6.26. The Balaban J connectivity index is 0. The van der Waals surface area contributed by atoms with Crippen molar-refractivity contribution < 1.29 is 14.0 Å². The van der Waals surface area contributed by atoms with Crippen LogP contribution in [0.2, 0.25) is 0 Å². The van der Waals surface area contributed by atoms with Gasteiger partial charge in [-0.1, -0.05) is 52.0 Å². The molecule has 23 heavy (non-hydrogen) atoms. The fourth-order valence-corrected chi connectivity index (χ4v) is 2.84. The van der Waals surface area contributed by atoms with Gasteiger partial charge in [-0.25, -0.2) is 0 Å². The standard InChI is InChI=1S/C16H36N.C4H6O2/c1-5-9-10-11-12-13-14-15-16-17(6-2,7-3)8-4;1-3-6-4(2)5/h5-16H2,1-4H3;3H,1H2,2H3/q+1;. The molecular formula is C20H42NO2+. The van der Waals surface area contributed by atoms with Crippen molar-refractivity contribution in [2.45, 2.75) is 86.0 Å². The predicted octanol–water partition coefficient (Wildman–Crippen LogP) is 5.70. The van der Waals surface area contributed by atoms with Gasteiger partial charge in [0.2, 0.25) is 0 Å². The molecule has 0 aliphatic rings. The molecule has 0 radical (unpaired) electrons. The lowest BCUT2D eigenvalue weighted by atomic mass is 10.1. The first-order chi connectivity index (χ1) is 11.0. The van der Waals surface area contributed by atoms with Crippen LogP contribution in [0.25, 0.3) is 0 Å². The minimum Gasteiger partial charge on any atom is -0.435 e. The van der Waals surface area contributed by atoms with Crippen molar-refractivity contribution in [1.29, 1.82) is 0 Å². The smallest absolute Gasteiger partial charge is 0.307 e. The van der Waals surface area contributed by atoms with Gasteiger partial charge in [0, 0.05) is 6.92 Å². The second kappa shape index (κ2) is 17.5. The topological polar surface area (TPSA) is 26.3 Å². The fourth-order valence-electron chi connectivity index (χ4n) is 2.84. The maximum atomic E-state index is 9.75. The van der Waals surface area contributed by atoms with Crippen molar-refractivity contribution in [3.8, 4) is 0 Å². The summed E-state index contributed by atoms with van der Waals surface area (Å²) < 4.78 is 5.50. The average Bonchev–Trinajstić information content (AvgIpc) is 2.55. The van der Waals surface area contributed by atoms with Crippen molar-refractivity contribution >= 4 is 5.97 Å². The van der Waals surface area contributed by atoms with Gasteiger partial charge in [0.05, 0.1) is 32.4 Å². The molecule has 0 amide bonds. The zero-order chi connectivity index (χ0) is 18.0. The van der Waals surface area contributed by atoms with Gasteiger partial charge in [0.1, 0.15) is 0 Å². The third-order valence-electron chi connectivity index (χ3n) is 4.75. The van der Waals surface area contributed by atoms with E-state index in [0.29, 0.717) is 0 Å². The molecule has 0 aliphatic carbocycles. The van der Waals surface area contributed by atoms with Gasteiger partial charge >= 0.3 is 5.97 Å². The van der Waals surface area contributed by atoms with Gasteiger partial charge in [-0.05, 0) is 33.6 Å². The molecule has 138 valence electrons. The SMILES string of the molecule is C=COC(C)=O.CCCCCCCCCC[N+](CC)(CC)CC. The van der Waals surface area contributed by atoms with Crippen LogP contribution >= 0.6 is 0 Å². The Hall–Kier alpha value is -0.830. The Morgan fingerprint density at radius 1 is 0.870 bits per heavy atom. The molecule has 3 heteroatoms. The maximum Gasteiger partial charge on any atom is 0.307 e. The molecule has 0 unspecified atom stereocenters. The minimum absolute atomic E-state index is 0.329. The molecule has 0 fully saturated rings. The summed E-state index contributed by atoms with van der Waals surface area (Å²) in [4.78, 5) is 9.75. The van der Waals surface area contributed by atoms with Crippen LogP contribution in [0, 0.1) is 0 Å². The number of carbonyl (C=O) groups excluding carboxylic acids is 1. The summed E-state index contributed by atoms with van der Waals surface area (Å²) in [6, 6.07) is 0. The van der Waals surface area contributed by atoms with Crippen LogP contribution < -0.4 is 0 Å². The summed E-state index contributed by atoms with van der Waals surface area (Å²) in [6.07, 6.45) is 12.6. The minimum atomic E-state index is -0.329. The molecule has 0 aromatic rings. The molecule has 0 aromatic heterocycles. The quantitative estimate of drug-likeness (QED) is 0.188. The van der Waals surface area contributed by atoms with E-state index >= 15 is 0 Å². The van der Waals surface area contributed by atoms with E-state index in [1.54, 1.807) is 0 Å². The summed E-state index contributed by atoms with van der Waals surface area (Å²) in [6.45, 7) is 19.1. The average molecular weight is 329 g/mol. The van der Waals surface area contributed by atoms with Gasteiger partial charge in [-0.15, -0.1) is 0 Å². The van der Waals surface area contributed by atoms with Gasteiger partial charge in [-0.3, -0.25) is 4.79 Å². The van der Waals surface area contributed by atoms with E-state index in [9.17, 15) is 4.79 Å². The van der Waals surface area contributed by atoms with E-state index in [4.69, 9.17) is 0 Å². The Bertz CT molecular complexity index is 265. The van der Waals surface area contributed by atoms with Crippen LogP contribution in [0.4, 0.5) is 0 Å². The zero-order valence-electron chi connectivity index (χ0n) is 16.5. The van der Waals surface area contributed by atoms with Gasteiger partial charge < -0.3 is 9.22 Å². The van der Waals surface area contributed by atoms with Crippen LogP contribution in [0.1, 0.15) is 86.0 Å². The number of hydrogen-bond donors (Lipinski definition) is 0.